The second kappa shape index (κ2) is 5.67. The molecule has 0 aliphatic carbocycles. The van der Waals surface area contributed by atoms with Gasteiger partial charge in [-0.2, -0.15) is 0 Å². The highest BCUT2D eigenvalue weighted by atomic mass is 32.2. The first-order valence-electron chi connectivity index (χ1n) is 8.23. The van der Waals surface area contributed by atoms with E-state index < -0.39 is 0 Å². The van der Waals surface area contributed by atoms with Gasteiger partial charge in [-0.25, -0.2) is 0 Å². The molecule has 0 saturated carbocycles. The Kier molecular flexibility index (Phi) is 3.31. The minimum atomic E-state index is -0.140. The second-order valence-electron chi connectivity index (χ2n) is 6.11. The Balaban J connectivity index is 1.61. The average Bonchev–Trinajstić information content (AvgIpc) is 2.79. The monoisotopic (exact) mass is 345 g/mol. The fourth-order valence-electron chi connectivity index (χ4n) is 3.47. The van der Waals surface area contributed by atoms with Gasteiger partial charge in [0, 0.05) is 10.5 Å². The quantitative estimate of drug-likeness (QED) is 0.609. The van der Waals surface area contributed by atoms with E-state index in [0.717, 1.165) is 27.6 Å². The Bertz CT molecular complexity index is 957. The number of para-hydroxylation sites is 3. The molecule has 1 fully saturated rings. The van der Waals surface area contributed by atoms with Gasteiger partial charge in [-0.05, 0) is 30.3 Å². The molecule has 0 unspecified atom stereocenters. The fraction of sp³-hybridized carbons (Fsp3) is 0.0952. The standard InChI is InChI=1S/C21H15NO2S/c23-21-20(25-14-8-2-1-3-9-14)19-15-10-4-6-12-17(15)24-18-13-7-5-11-16(18)22(19)21/h1-13,19-20H/t19-,20-/m0/s1. The summed E-state index contributed by atoms with van der Waals surface area (Å²) < 4.78 is 6.13. The number of thioether (sulfide) groups is 1. The first kappa shape index (κ1) is 14.6. The lowest BCUT2D eigenvalue weighted by atomic mass is 9.92. The van der Waals surface area contributed by atoms with Crippen molar-refractivity contribution in [3.8, 4) is 11.5 Å². The molecule has 1 saturated heterocycles. The summed E-state index contributed by atoms with van der Waals surface area (Å²) in [5.41, 5.74) is 1.91. The zero-order valence-electron chi connectivity index (χ0n) is 13.3. The molecule has 0 spiro atoms. The number of β-lactam (4-membered cyclic amide) rings is 1. The molecule has 25 heavy (non-hydrogen) atoms. The Labute approximate surface area is 150 Å². The minimum Gasteiger partial charge on any atom is -0.455 e. The Morgan fingerprint density at radius 3 is 2.32 bits per heavy atom. The summed E-state index contributed by atoms with van der Waals surface area (Å²) in [6.07, 6.45) is 0. The van der Waals surface area contributed by atoms with Gasteiger partial charge in [-0.15, -0.1) is 11.8 Å². The fourth-order valence-corrected chi connectivity index (χ4v) is 4.69. The van der Waals surface area contributed by atoms with Crippen LogP contribution < -0.4 is 9.64 Å². The molecule has 2 aliphatic heterocycles. The zero-order valence-corrected chi connectivity index (χ0v) is 14.1. The number of carbonyl (C=O) groups excluding carboxylic acids is 1. The van der Waals surface area contributed by atoms with Crippen molar-refractivity contribution in [2.45, 2.75) is 16.2 Å². The number of benzene rings is 3. The lowest BCUT2D eigenvalue weighted by molar-refractivity contribution is -0.123. The third-order valence-electron chi connectivity index (χ3n) is 4.63. The number of nitrogens with zero attached hydrogens (tertiary/aromatic N) is 1. The number of hydrogen-bond acceptors (Lipinski definition) is 3. The van der Waals surface area contributed by atoms with Gasteiger partial charge in [0.05, 0.1) is 11.7 Å². The highest BCUT2D eigenvalue weighted by molar-refractivity contribution is 8.00. The highest BCUT2D eigenvalue weighted by Crippen LogP contribution is 2.54. The van der Waals surface area contributed by atoms with E-state index in [4.69, 9.17) is 4.74 Å². The van der Waals surface area contributed by atoms with E-state index in [9.17, 15) is 4.79 Å². The summed E-state index contributed by atoms with van der Waals surface area (Å²) in [4.78, 5) is 16.0. The third kappa shape index (κ3) is 2.25. The van der Waals surface area contributed by atoms with E-state index in [1.54, 1.807) is 11.8 Å². The van der Waals surface area contributed by atoms with E-state index in [0.29, 0.717) is 0 Å². The van der Waals surface area contributed by atoms with Crippen LogP contribution in [0.2, 0.25) is 0 Å². The second-order valence-corrected chi connectivity index (χ2v) is 7.33. The molecular weight excluding hydrogens is 330 g/mol. The number of hydrogen-bond donors (Lipinski definition) is 0. The molecule has 0 aromatic heterocycles. The van der Waals surface area contributed by atoms with E-state index in [-0.39, 0.29) is 17.2 Å². The summed E-state index contributed by atoms with van der Waals surface area (Å²) >= 11 is 1.62. The lowest BCUT2D eigenvalue weighted by Crippen LogP contribution is -2.57. The van der Waals surface area contributed by atoms with Gasteiger partial charge in [-0.3, -0.25) is 9.69 Å². The predicted octanol–water partition coefficient (Wildman–Crippen LogP) is 5.04. The van der Waals surface area contributed by atoms with Crippen molar-refractivity contribution in [1.82, 2.24) is 0 Å². The SMILES string of the molecule is O=C1[C@@H](Sc2ccccc2)[C@@H]2c3ccccc3Oc3ccccc3N12. The van der Waals surface area contributed by atoms with Crippen LogP contribution in [0.25, 0.3) is 0 Å². The summed E-state index contributed by atoms with van der Waals surface area (Å²) in [6, 6.07) is 25.8. The molecule has 2 aliphatic rings. The largest absolute Gasteiger partial charge is 0.455 e. The molecule has 0 bridgehead atoms. The van der Waals surface area contributed by atoms with Crippen molar-refractivity contribution >= 4 is 23.4 Å². The summed E-state index contributed by atoms with van der Waals surface area (Å²) in [5, 5.41) is -0.140. The lowest BCUT2D eigenvalue weighted by Gasteiger charge is -2.46. The summed E-state index contributed by atoms with van der Waals surface area (Å²) in [5.74, 6) is 1.69. The maximum Gasteiger partial charge on any atom is 0.243 e. The number of ether oxygens (including phenoxy) is 1. The van der Waals surface area contributed by atoms with Gasteiger partial charge < -0.3 is 4.74 Å². The van der Waals surface area contributed by atoms with Crippen LogP contribution in [-0.4, -0.2) is 11.2 Å². The molecule has 2 heterocycles. The van der Waals surface area contributed by atoms with Crippen LogP contribution in [0.4, 0.5) is 5.69 Å². The van der Waals surface area contributed by atoms with Crippen molar-refractivity contribution in [3.63, 3.8) is 0 Å². The van der Waals surface area contributed by atoms with Crippen LogP contribution in [0, 0.1) is 0 Å². The van der Waals surface area contributed by atoms with E-state index in [2.05, 4.69) is 6.07 Å². The van der Waals surface area contributed by atoms with Gasteiger partial charge in [0.15, 0.2) is 5.75 Å². The number of fused-ring (bicyclic) bond motifs is 5. The zero-order chi connectivity index (χ0) is 16.8. The molecule has 122 valence electrons. The van der Waals surface area contributed by atoms with E-state index in [1.807, 2.05) is 77.7 Å². The Hall–Kier alpha value is -2.72. The molecule has 0 N–H and O–H groups in total. The molecule has 3 aromatic rings. The number of rotatable bonds is 2. The average molecular weight is 345 g/mol. The first-order valence-corrected chi connectivity index (χ1v) is 9.11. The molecule has 4 heteroatoms. The minimum absolute atomic E-state index is 0.0162. The smallest absolute Gasteiger partial charge is 0.243 e. The predicted molar refractivity (Wildman–Crippen MR) is 99.3 cm³/mol. The van der Waals surface area contributed by atoms with Crippen molar-refractivity contribution in [2.75, 3.05) is 4.90 Å². The molecule has 2 atom stereocenters. The van der Waals surface area contributed by atoms with Gasteiger partial charge in [0.25, 0.3) is 0 Å². The van der Waals surface area contributed by atoms with Crippen molar-refractivity contribution in [2.24, 2.45) is 0 Å². The van der Waals surface area contributed by atoms with E-state index >= 15 is 0 Å². The van der Waals surface area contributed by atoms with Gasteiger partial charge >= 0.3 is 0 Å². The van der Waals surface area contributed by atoms with Crippen molar-refractivity contribution in [3.05, 3.63) is 84.4 Å². The topological polar surface area (TPSA) is 29.5 Å². The van der Waals surface area contributed by atoms with Crippen molar-refractivity contribution < 1.29 is 9.53 Å². The molecule has 3 aromatic carbocycles. The maximum atomic E-state index is 13.0. The van der Waals surface area contributed by atoms with Crippen LogP contribution in [0.15, 0.2) is 83.8 Å². The van der Waals surface area contributed by atoms with Crippen molar-refractivity contribution in [1.29, 1.82) is 0 Å². The van der Waals surface area contributed by atoms with Crippen LogP contribution in [0.3, 0.4) is 0 Å². The first-order chi connectivity index (χ1) is 12.3. The Morgan fingerprint density at radius 2 is 1.48 bits per heavy atom. The van der Waals surface area contributed by atoms with Crippen LogP contribution in [0.5, 0.6) is 11.5 Å². The summed E-state index contributed by atoms with van der Waals surface area (Å²) in [7, 11) is 0. The Morgan fingerprint density at radius 1 is 0.800 bits per heavy atom. The van der Waals surface area contributed by atoms with Gasteiger partial charge in [0.2, 0.25) is 5.91 Å². The molecule has 3 nitrogen and oxygen atoms in total. The molecule has 1 amide bonds. The number of anilines is 1. The van der Waals surface area contributed by atoms with Gasteiger partial charge in [0.1, 0.15) is 11.0 Å². The molecule has 5 rings (SSSR count). The summed E-state index contributed by atoms with van der Waals surface area (Å²) in [6.45, 7) is 0. The molecule has 0 radical (unpaired) electrons. The molecular formula is C21H15NO2S. The maximum absolute atomic E-state index is 13.0. The van der Waals surface area contributed by atoms with E-state index in [1.165, 1.54) is 0 Å². The van der Waals surface area contributed by atoms with Gasteiger partial charge in [-0.1, -0.05) is 48.5 Å². The van der Waals surface area contributed by atoms with Crippen LogP contribution in [-0.2, 0) is 4.79 Å². The highest BCUT2D eigenvalue weighted by Gasteiger charge is 2.52. The normalized spacial score (nSPS) is 20.5. The van der Waals surface area contributed by atoms with Crippen LogP contribution in [0.1, 0.15) is 11.6 Å². The van der Waals surface area contributed by atoms with Crippen LogP contribution >= 0.6 is 11.8 Å². The number of amides is 1. The third-order valence-corrected chi connectivity index (χ3v) is 5.89. The number of carbonyl (C=O) groups is 1.